The van der Waals surface area contributed by atoms with Crippen LogP contribution in [-0.2, 0) is 16.0 Å². The number of thioether (sulfide) groups is 1. The van der Waals surface area contributed by atoms with Gasteiger partial charge < -0.3 is 10.2 Å². The van der Waals surface area contributed by atoms with E-state index in [2.05, 4.69) is 30.4 Å². The van der Waals surface area contributed by atoms with Crippen molar-refractivity contribution in [3.8, 4) is 0 Å². The van der Waals surface area contributed by atoms with Crippen molar-refractivity contribution >= 4 is 23.6 Å². The van der Waals surface area contributed by atoms with Crippen LogP contribution < -0.4 is 5.32 Å². The summed E-state index contributed by atoms with van der Waals surface area (Å²) >= 11 is 1.62. The highest BCUT2D eigenvalue weighted by Crippen LogP contribution is 2.37. The minimum atomic E-state index is -0.0683. The lowest BCUT2D eigenvalue weighted by atomic mass is 10.1. The third-order valence-electron chi connectivity index (χ3n) is 3.33. The first-order chi connectivity index (χ1) is 9.47. The van der Waals surface area contributed by atoms with E-state index in [0.29, 0.717) is 13.0 Å². The van der Waals surface area contributed by atoms with Crippen molar-refractivity contribution in [3.05, 3.63) is 29.3 Å². The van der Waals surface area contributed by atoms with Gasteiger partial charge in [-0.3, -0.25) is 9.59 Å². The summed E-state index contributed by atoms with van der Waals surface area (Å²) in [6.07, 6.45) is 1.12. The van der Waals surface area contributed by atoms with E-state index in [4.69, 9.17) is 0 Å². The molecule has 0 saturated carbocycles. The quantitative estimate of drug-likeness (QED) is 0.917. The van der Waals surface area contributed by atoms with E-state index in [1.165, 1.54) is 20.9 Å². The molecule has 0 radical (unpaired) electrons. The van der Waals surface area contributed by atoms with Crippen LogP contribution in [0.2, 0.25) is 0 Å². The molecule has 2 amide bonds. The highest BCUT2D eigenvalue weighted by Gasteiger charge is 2.28. The Morgan fingerprint density at radius 3 is 2.85 bits per heavy atom. The summed E-state index contributed by atoms with van der Waals surface area (Å²) in [6.45, 7) is 2.46. The lowest BCUT2D eigenvalue weighted by Crippen LogP contribution is -2.35. The molecule has 1 aromatic carbocycles. The number of hydrogen-bond donors (Lipinski definition) is 1. The van der Waals surface area contributed by atoms with Gasteiger partial charge in [0, 0.05) is 32.0 Å². The third-order valence-corrected chi connectivity index (χ3v) is 4.63. The minimum absolute atomic E-state index is 0.0235. The van der Waals surface area contributed by atoms with Gasteiger partial charge in [0.25, 0.3) is 0 Å². The zero-order chi connectivity index (χ0) is 14.7. The molecule has 0 fully saturated rings. The number of amides is 2. The second-order valence-corrected chi connectivity index (χ2v) is 6.50. The molecule has 1 atom stereocenters. The van der Waals surface area contributed by atoms with E-state index in [1.54, 1.807) is 25.9 Å². The molecule has 1 heterocycles. The fourth-order valence-corrected chi connectivity index (χ4v) is 3.43. The van der Waals surface area contributed by atoms with Crippen LogP contribution in [0.25, 0.3) is 0 Å². The average Bonchev–Trinajstić information content (AvgIpc) is 2.81. The van der Waals surface area contributed by atoms with Gasteiger partial charge in [-0.25, -0.2) is 0 Å². The van der Waals surface area contributed by atoms with Gasteiger partial charge >= 0.3 is 0 Å². The summed E-state index contributed by atoms with van der Waals surface area (Å²) in [5, 5.41) is 2.78. The number of carbonyl (C=O) groups is 2. The minimum Gasteiger partial charge on any atom is -0.355 e. The fraction of sp³-hybridized carbons (Fsp3) is 0.467. The molecule has 4 nitrogen and oxygen atoms in total. The summed E-state index contributed by atoms with van der Waals surface area (Å²) in [4.78, 5) is 26.3. The Hall–Kier alpha value is -1.49. The molecule has 108 valence electrons. The van der Waals surface area contributed by atoms with Crippen LogP contribution in [-0.4, -0.2) is 42.6 Å². The molecule has 0 aliphatic carbocycles. The number of hydrogen-bond acceptors (Lipinski definition) is 3. The smallest absolute Gasteiger partial charge is 0.233 e. The van der Waals surface area contributed by atoms with Crippen molar-refractivity contribution < 1.29 is 9.59 Å². The summed E-state index contributed by atoms with van der Waals surface area (Å²) < 4.78 is 0. The number of carbonyl (C=O) groups excluding carboxylic acids is 2. The van der Waals surface area contributed by atoms with Gasteiger partial charge in [0.2, 0.25) is 11.8 Å². The number of fused-ring (bicyclic) bond motifs is 1. The number of nitrogens with zero attached hydrogens (tertiary/aromatic N) is 1. The molecule has 0 spiro atoms. The van der Waals surface area contributed by atoms with Gasteiger partial charge in [0.05, 0.1) is 5.25 Å². The zero-order valence-electron chi connectivity index (χ0n) is 12.1. The van der Waals surface area contributed by atoms with E-state index < -0.39 is 0 Å². The van der Waals surface area contributed by atoms with E-state index in [-0.39, 0.29) is 17.1 Å². The first-order valence-electron chi connectivity index (χ1n) is 6.71. The second kappa shape index (κ2) is 6.31. The maximum absolute atomic E-state index is 12.1. The lowest BCUT2D eigenvalue weighted by Gasteiger charge is -2.12. The largest absolute Gasteiger partial charge is 0.355 e. The van der Waals surface area contributed by atoms with Crippen molar-refractivity contribution in [1.82, 2.24) is 10.2 Å². The van der Waals surface area contributed by atoms with Crippen LogP contribution in [0.4, 0.5) is 0 Å². The predicted octanol–water partition coefficient (Wildman–Crippen LogP) is 1.61. The molecule has 5 heteroatoms. The molecule has 0 aromatic heterocycles. The maximum atomic E-state index is 12.1. The van der Waals surface area contributed by atoms with Crippen LogP contribution in [0.5, 0.6) is 0 Å². The average molecular weight is 292 g/mol. The topological polar surface area (TPSA) is 49.4 Å². The van der Waals surface area contributed by atoms with Crippen molar-refractivity contribution in [1.29, 1.82) is 0 Å². The molecule has 1 aromatic rings. The van der Waals surface area contributed by atoms with Crippen LogP contribution in [0.15, 0.2) is 23.1 Å². The molecule has 1 aliphatic heterocycles. The molecule has 1 N–H and O–H groups in total. The first kappa shape index (κ1) is 14.9. The third kappa shape index (κ3) is 3.54. The van der Waals surface area contributed by atoms with Crippen molar-refractivity contribution in [2.75, 3.05) is 20.6 Å². The summed E-state index contributed by atoms with van der Waals surface area (Å²) in [5.41, 5.74) is 2.46. The van der Waals surface area contributed by atoms with Crippen LogP contribution in [0, 0.1) is 6.92 Å². The van der Waals surface area contributed by atoms with Crippen LogP contribution in [0.1, 0.15) is 17.5 Å². The Labute approximate surface area is 123 Å². The summed E-state index contributed by atoms with van der Waals surface area (Å²) in [5.74, 6) is 0.0543. The monoisotopic (exact) mass is 292 g/mol. The van der Waals surface area contributed by atoms with Gasteiger partial charge in [-0.05, 0) is 25.0 Å². The van der Waals surface area contributed by atoms with Gasteiger partial charge in [0.15, 0.2) is 0 Å². The Balaban J connectivity index is 1.83. The van der Waals surface area contributed by atoms with Gasteiger partial charge in [-0.15, -0.1) is 11.8 Å². The molecule has 0 saturated heterocycles. The van der Waals surface area contributed by atoms with E-state index in [1.807, 2.05) is 0 Å². The second-order valence-electron chi connectivity index (χ2n) is 5.25. The maximum Gasteiger partial charge on any atom is 0.233 e. The van der Waals surface area contributed by atoms with Crippen molar-refractivity contribution in [2.24, 2.45) is 0 Å². The Kier molecular flexibility index (Phi) is 4.70. The molecule has 1 unspecified atom stereocenters. The standard InChI is InChI=1S/C15H20N2O2S/c1-10-4-5-11-9-13(20-12(11)8-10)15(19)16-7-6-14(18)17(2)3/h4-5,8,13H,6-7,9H2,1-3H3,(H,16,19). The van der Waals surface area contributed by atoms with Gasteiger partial charge in [-0.1, -0.05) is 17.7 Å². The molecular weight excluding hydrogens is 272 g/mol. The summed E-state index contributed by atoms with van der Waals surface area (Å²) in [6, 6.07) is 6.30. The number of aryl methyl sites for hydroxylation is 1. The zero-order valence-corrected chi connectivity index (χ0v) is 12.9. The molecule has 1 aliphatic rings. The number of benzene rings is 1. The highest BCUT2D eigenvalue weighted by molar-refractivity contribution is 8.01. The van der Waals surface area contributed by atoms with Crippen LogP contribution >= 0.6 is 11.8 Å². The first-order valence-corrected chi connectivity index (χ1v) is 7.59. The van der Waals surface area contributed by atoms with Gasteiger partial charge in [0.1, 0.15) is 0 Å². The molecular formula is C15H20N2O2S. The molecule has 20 heavy (non-hydrogen) atoms. The SMILES string of the molecule is Cc1ccc2c(c1)SC(C(=O)NCCC(=O)N(C)C)C2. The number of rotatable bonds is 4. The Morgan fingerprint density at radius 2 is 2.15 bits per heavy atom. The Morgan fingerprint density at radius 1 is 1.40 bits per heavy atom. The van der Waals surface area contributed by atoms with E-state index in [9.17, 15) is 9.59 Å². The number of nitrogens with one attached hydrogen (secondary N) is 1. The fourth-order valence-electron chi connectivity index (χ4n) is 2.11. The lowest BCUT2D eigenvalue weighted by molar-refractivity contribution is -0.128. The van der Waals surface area contributed by atoms with Crippen molar-refractivity contribution in [3.63, 3.8) is 0 Å². The Bertz CT molecular complexity index is 529. The van der Waals surface area contributed by atoms with Gasteiger partial charge in [-0.2, -0.15) is 0 Å². The van der Waals surface area contributed by atoms with Crippen molar-refractivity contribution in [2.45, 2.75) is 29.9 Å². The predicted molar refractivity (Wildman–Crippen MR) is 80.8 cm³/mol. The van der Waals surface area contributed by atoms with Crippen LogP contribution in [0.3, 0.4) is 0 Å². The van der Waals surface area contributed by atoms with E-state index in [0.717, 1.165) is 6.42 Å². The van der Waals surface area contributed by atoms with E-state index >= 15 is 0 Å². The highest BCUT2D eigenvalue weighted by atomic mass is 32.2. The molecule has 2 rings (SSSR count). The molecule has 0 bridgehead atoms. The summed E-state index contributed by atoms with van der Waals surface area (Å²) in [7, 11) is 3.44. The normalized spacial score (nSPS) is 16.6.